The van der Waals surface area contributed by atoms with Crippen LogP contribution >= 0.6 is 11.6 Å². The lowest BCUT2D eigenvalue weighted by molar-refractivity contribution is -0.140. The van der Waals surface area contributed by atoms with Crippen molar-refractivity contribution in [2.75, 3.05) is 18.9 Å². The SMILES string of the molecule is CN(CC(=O)Nc1ncc(Cl)cn1)C(=O)c1ccc(C(F)(F)F)c(F)c1[C@]1(C)CC1(F)F. The number of benzene rings is 1. The van der Waals surface area contributed by atoms with E-state index in [2.05, 4.69) is 15.3 Å². The zero-order valence-electron chi connectivity index (χ0n) is 16.5. The van der Waals surface area contributed by atoms with Gasteiger partial charge in [0.05, 0.1) is 34.9 Å². The highest BCUT2D eigenvalue weighted by atomic mass is 35.5. The number of aromatic nitrogens is 2. The number of amides is 2. The number of nitrogens with zero attached hydrogens (tertiary/aromatic N) is 3. The lowest BCUT2D eigenvalue weighted by Gasteiger charge is -2.23. The molecule has 1 fully saturated rings. The third-order valence-corrected chi connectivity index (χ3v) is 5.28. The van der Waals surface area contributed by atoms with Crippen LogP contribution in [-0.2, 0) is 16.4 Å². The molecule has 0 aliphatic heterocycles. The number of alkyl halides is 5. The minimum atomic E-state index is -5.15. The average Bonchev–Trinajstić information content (AvgIpc) is 3.19. The van der Waals surface area contributed by atoms with E-state index in [4.69, 9.17) is 11.6 Å². The Morgan fingerprint density at radius 2 is 1.78 bits per heavy atom. The molecule has 2 aromatic rings. The first-order valence-corrected chi connectivity index (χ1v) is 9.36. The van der Waals surface area contributed by atoms with E-state index in [1.54, 1.807) is 0 Å². The topological polar surface area (TPSA) is 75.2 Å². The van der Waals surface area contributed by atoms with Crippen LogP contribution in [-0.4, -0.2) is 46.2 Å². The second kappa shape index (κ2) is 7.91. The molecule has 1 aromatic carbocycles. The summed E-state index contributed by atoms with van der Waals surface area (Å²) in [5.74, 6) is -7.46. The Morgan fingerprint density at radius 3 is 2.28 bits per heavy atom. The first-order chi connectivity index (χ1) is 14.7. The standard InChI is InChI=1S/C19H15ClF6N4O2/c1-17(8-18(17,22)23)13-10(3-4-11(14(13)21)19(24,25)26)15(32)30(2)7-12(31)29-16-27-5-9(20)6-28-16/h3-6H,7-8H2,1-2H3,(H,27,28,29,31)/t17-/m0/s1. The van der Waals surface area contributed by atoms with E-state index in [-0.39, 0.29) is 11.0 Å². The molecule has 1 N–H and O–H groups in total. The fourth-order valence-corrected chi connectivity index (χ4v) is 3.32. The fraction of sp³-hybridized carbons (Fsp3) is 0.368. The number of likely N-dealkylation sites (N-methyl/N-ethyl adjacent to an activating group) is 1. The monoisotopic (exact) mass is 480 g/mol. The maximum Gasteiger partial charge on any atom is 0.419 e. The van der Waals surface area contributed by atoms with Gasteiger partial charge in [-0.3, -0.25) is 14.9 Å². The van der Waals surface area contributed by atoms with Crippen LogP contribution in [0.25, 0.3) is 0 Å². The Bertz CT molecular complexity index is 1080. The van der Waals surface area contributed by atoms with Crippen molar-refractivity contribution in [3.63, 3.8) is 0 Å². The molecule has 2 amide bonds. The molecule has 13 heteroatoms. The predicted molar refractivity (Wildman–Crippen MR) is 101 cm³/mol. The number of carbonyl (C=O) groups is 2. The number of carbonyl (C=O) groups excluding carboxylic acids is 2. The molecule has 6 nitrogen and oxygen atoms in total. The summed E-state index contributed by atoms with van der Waals surface area (Å²) < 4.78 is 82.1. The molecule has 1 heterocycles. The summed E-state index contributed by atoms with van der Waals surface area (Å²) >= 11 is 5.63. The van der Waals surface area contributed by atoms with E-state index < -0.39 is 64.8 Å². The summed E-state index contributed by atoms with van der Waals surface area (Å²) in [4.78, 5) is 33.1. The van der Waals surface area contributed by atoms with Crippen molar-refractivity contribution in [3.05, 3.63) is 52.1 Å². The molecule has 1 atom stereocenters. The average molecular weight is 481 g/mol. The lowest BCUT2D eigenvalue weighted by atomic mass is 9.89. The van der Waals surface area contributed by atoms with Crippen LogP contribution in [0, 0.1) is 5.82 Å². The van der Waals surface area contributed by atoms with Gasteiger partial charge in [-0.05, 0) is 19.1 Å². The quantitative estimate of drug-likeness (QED) is 0.648. The molecule has 32 heavy (non-hydrogen) atoms. The van der Waals surface area contributed by atoms with Crippen molar-refractivity contribution in [1.82, 2.24) is 14.9 Å². The fourth-order valence-electron chi connectivity index (χ4n) is 3.22. The summed E-state index contributed by atoms with van der Waals surface area (Å²) in [5, 5.41) is 2.47. The van der Waals surface area contributed by atoms with Gasteiger partial charge in [0.15, 0.2) is 0 Å². The highest BCUT2D eigenvalue weighted by Crippen LogP contribution is 2.63. The molecule has 1 aliphatic carbocycles. The number of halogens is 7. The molecule has 0 spiro atoms. The van der Waals surface area contributed by atoms with Crippen LogP contribution in [0.4, 0.5) is 32.3 Å². The first-order valence-electron chi connectivity index (χ1n) is 8.98. The number of hydrogen-bond donors (Lipinski definition) is 1. The van der Waals surface area contributed by atoms with Gasteiger partial charge in [-0.25, -0.2) is 23.1 Å². The summed E-state index contributed by atoms with van der Waals surface area (Å²) in [6, 6.07) is 0.950. The van der Waals surface area contributed by atoms with Crippen LogP contribution in [0.3, 0.4) is 0 Å². The molecule has 0 saturated heterocycles. The summed E-state index contributed by atoms with van der Waals surface area (Å²) in [6.07, 6.45) is -3.67. The highest BCUT2D eigenvalue weighted by molar-refractivity contribution is 6.30. The van der Waals surface area contributed by atoms with Gasteiger partial charge >= 0.3 is 6.18 Å². The van der Waals surface area contributed by atoms with Crippen LogP contribution in [0.5, 0.6) is 0 Å². The predicted octanol–water partition coefficient (Wildman–Crippen LogP) is 4.30. The third-order valence-electron chi connectivity index (χ3n) is 5.09. The molecule has 3 rings (SSSR count). The summed E-state index contributed by atoms with van der Waals surface area (Å²) in [6.45, 7) is 0.243. The van der Waals surface area contributed by atoms with Crippen LogP contribution in [0.1, 0.15) is 34.8 Å². The summed E-state index contributed by atoms with van der Waals surface area (Å²) in [7, 11) is 1.11. The zero-order valence-corrected chi connectivity index (χ0v) is 17.3. The molecular formula is C19H15ClF6N4O2. The molecule has 1 saturated carbocycles. The van der Waals surface area contributed by atoms with Gasteiger partial charge in [0.25, 0.3) is 11.8 Å². The maximum atomic E-state index is 14.8. The Hall–Kier alpha value is -2.89. The van der Waals surface area contributed by atoms with Gasteiger partial charge in [0.1, 0.15) is 5.82 Å². The second-order valence-electron chi connectivity index (χ2n) is 7.50. The third kappa shape index (κ3) is 4.36. The van der Waals surface area contributed by atoms with Crippen molar-refractivity contribution < 1.29 is 35.9 Å². The van der Waals surface area contributed by atoms with E-state index in [1.165, 1.54) is 12.4 Å². The molecule has 1 aromatic heterocycles. The van der Waals surface area contributed by atoms with Crippen molar-refractivity contribution in [2.45, 2.75) is 30.9 Å². The Kier molecular flexibility index (Phi) is 5.87. The normalized spacial score (nSPS) is 19.4. The van der Waals surface area contributed by atoms with Crippen molar-refractivity contribution in [2.24, 2.45) is 0 Å². The summed E-state index contributed by atoms with van der Waals surface area (Å²) in [5.41, 5.74) is -5.76. The number of anilines is 1. The molecule has 0 bridgehead atoms. The Morgan fingerprint density at radius 1 is 1.22 bits per heavy atom. The Labute approximate surface area is 182 Å². The molecule has 172 valence electrons. The van der Waals surface area contributed by atoms with Gasteiger partial charge in [-0.1, -0.05) is 11.6 Å². The second-order valence-corrected chi connectivity index (χ2v) is 7.93. The molecule has 0 radical (unpaired) electrons. The van der Waals surface area contributed by atoms with E-state index in [9.17, 15) is 35.9 Å². The number of hydrogen-bond acceptors (Lipinski definition) is 4. The smallest absolute Gasteiger partial charge is 0.332 e. The number of nitrogens with one attached hydrogen (secondary N) is 1. The van der Waals surface area contributed by atoms with Gasteiger partial charge in [0.2, 0.25) is 11.9 Å². The van der Waals surface area contributed by atoms with Crippen molar-refractivity contribution in [1.29, 1.82) is 0 Å². The van der Waals surface area contributed by atoms with E-state index in [1.807, 2.05) is 0 Å². The Balaban J connectivity index is 1.89. The minimum Gasteiger partial charge on any atom is -0.332 e. The van der Waals surface area contributed by atoms with Crippen LogP contribution in [0.2, 0.25) is 5.02 Å². The van der Waals surface area contributed by atoms with Crippen molar-refractivity contribution in [3.8, 4) is 0 Å². The number of rotatable bonds is 5. The van der Waals surface area contributed by atoms with Gasteiger partial charge in [-0.2, -0.15) is 13.2 Å². The molecule has 1 aliphatic rings. The van der Waals surface area contributed by atoms with E-state index in [0.29, 0.717) is 12.1 Å². The largest absolute Gasteiger partial charge is 0.419 e. The van der Waals surface area contributed by atoms with Crippen LogP contribution in [0.15, 0.2) is 24.5 Å². The van der Waals surface area contributed by atoms with Gasteiger partial charge in [-0.15, -0.1) is 0 Å². The van der Waals surface area contributed by atoms with Crippen LogP contribution < -0.4 is 5.32 Å². The van der Waals surface area contributed by atoms with Gasteiger partial charge < -0.3 is 4.90 Å². The van der Waals surface area contributed by atoms with E-state index >= 15 is 0 Å². The maximum absolute atomic E-state index is 14.8. The molecular weight excluding hydrogens is 466 g/mol. The van der Waals surface area contributed by atoms with Crippen molar-refractivity contribution >= 4 is 29.4 Å². The van der Waals surface area contributed by atoms with Gasteiger partial charge in [0, 0.05) is 24.6 Å². The highest BCUT2D eigenvalue weighted by Gasteiger charge is 2.70. The minimum absolute atomic E-state index is 0.133. The lowest BCUT2D eigenvalue weighted by Crippen LogP contribution is -2.36. The zero-order chi connectivity index (χ0) is 24.1. The molecule has 0 unspecified atom stereocenters. The first kappa shape index (κ1) is 23.8. The van der Waals surface area contributed by atoms with E-state index in [0.717, 1.165) is 18.9 Å².